The summed E-state index contributed by atoms with van der Waals surface area (Å²) in [5.74, 6) is -0.955. The number of nitrogens with two attached hydrogens (primary N) is 1. The molecule has 4 heteroatoms. The standard InChI is InChI=1S/C16H24N2O2/c1-2-14-10-6-7-11-18(14)12-16(17,15(19)20)13-8-4-3-5-9-13/h3-5,8-9,14H,2,6-7,10-12,17H2,1H3,(H,19,20). The maximum Gasteiger partial charge on any atom is 0.329 e. The van der Waals surface area contributed by atoms with Crippen LogP contribution in [-0.2, 0) is 10.3 Å². The second-order valence-electron chi connectivity index (χ2n) is 5.67. The van der Waals surface area contributed by atoms with Crippen LogP contribution in [0.15, 0.2) is 30.3 Å². The van der Waals surface area contributed by atoms with Crippen LogP contribution in [0.4, 0.5) is 0 Å². The molecule has 0 aromatic heterocycles. The molecule has 0 bridgehead atoms. The molecule has 3 N–H and O–H groups in total. The van der Waals surface area contributed by atoms with E-state index in [2.05, 4.69) is 11.8 Å². The number of piperidine rings is 1. The minimum absolute atomic E-state index is 0.380. The first kappa shape index (κ1) is 15.0. The number of hydrogen-bond donors (Lipinski definition) is 2. The van der Waals surface area contributed by atoms with Gasteiger partial charge < -0.3 is 10.8 Å². The average molecular weight is 276 g/mol. The van der Waals surface area contributed by atoms with Gasteiger partial charge in [-0.1, -0.05) is 43.7 Å². The minimum Gasteiger partial charge on any atom is -0.480 e. The Bertz CT molecular complexity index is 449. The van der Waals surface area contributed by atoms with Gasteiger partial charge in [-0.3, -0.25) is 4.90 Å². The molecule has 110 valence electrons. The maximum absolute atomic E-state index is 11.7. The highest BCUT2D eigenvalue weighted by atomic mass is 16.4. The first-order valence-electron chi connectivity index (χ1n) is 7.39. The fourth-order valence-electron chi connectivity index (χ4n) is 3.07. The molecule has 0 saturated carbocycles. The summed E-state index contributed by atoms with van der Waals surface area (Å²) in [6, 6.07) is 9.62. The SMILES string of the molecule is CCC1CCCCN1CC(N)(C(=O)O)c1ccccc1. The third-order valence-corrected chi connectivity index (χ3v) is 4.34. The maximum atomic E-state index is 11.7. The van der Waals surface area contributed by atoms with E-state index in [0.29, 0.717) is 18.2 Å². The average Bonchev–Trinajstić information content (AvgIpc) is 2.48. The van der Waals surface area contributed by atoms with Gasteiger partial charge in [-0.25, -0.2) is 4.79 Å². The molecule has 2 rings (SSSR count). The van der Waals surface area contributed by atoms with Crippen LogP contribution in [0.5, 0.6) is 0 Å². The van der Waals surface area contributed by atoms with E-state index in [9.17, 15) is 9.90 Å². The van der Waals surface area contributed by atoms with Crippen molar-refractivity contribution in [2.45, 2.75) is 44.2 Å². The summed E-state index contributed by atoms with van der Waals surface area (Å²) in [4.78, 5) is 14.0. The lowest BCUT2D eigenvalue weighted by atomic mass is 9.88. The largest absolute Gasteiger partial charge is 0.480 e. The third-order valence-electron chi connectivity index (χ3n) is 4.34. The lowest BCUT2D eigenvalue weighted by Gasteiger charge is -2.40. The Kier molecular flexibility index (Phi) is 4.78. The van der Waals surface area contributed by atoms with Crippen molar-refractivity contribution >= 4 is 5.97 Å². The molecule has 1 aliphatic rings. The van der Waals surface area contributed by atoms with Crippen molar-refractivity contribution in [3.8, 4) is 0 Å². The zero-order valence-electron chi connectivity index (χ0n) is 12.1. The molecule has 1 saturated heterocycles. The molecule has 1 aliphatic heterocycles. The molecule has 0 aliphatic carbocycles. The van der Waals surface area contributed by atoms with Crippen LogP contribution >= 0.6 is 0 Å². The lowest BCUT2D eigenvalue weighted by Crippen LogP contribution is -2.56. The molecule has 1 aromatic rings. The van der Waals surface area contributed by atoms with Crippen LogP contribution in [0.3, 0.4) is 0 Å². The van der Waals surface area contributed by atoms with Crippen LogP contribution in [0.2, 0.25) is 0 Å². The van der Waals surface area contributed by atoms with E-state index in [1.54, 1.807) is 12.1 Å². The molecular weight excluding hydrogens is 252 g/mol. The number of carboxylic acid groups (broad SMARTS) is 1. The zero-order chi connectivity index (χ0) is 14.6. The predicted octanol–water partition coefficient (Wildman–Crippen LogP) is 2.19. The van der Waals surface area contributed by atoms with Gasteiger partial charge in [0.15, 0.2) is 5.54 Å². The molecular formula is C16H24N2O2. The highest BCUT2D eigenvalue weighted by molar-refractivity contribution is 5.80. The van der Waals surface area contributed by atoms with Crippen molar-refractivity contribution in [3.63, 3.8) is 0 Å². The molecule has 1 fully saturated rings. The Labute approximate surface area is 120 Å². The second kappa shape index (κ2) is 6.37. The Balaban J connectivity index is 2.23. The van der Waals surface area contributed by atoms with Gasteiger partial charge in [0.1, 0.15) is 0 Å². The van der Waals surface area contributed by atoms with Crippen molar-refractivity contribution in [2.24, 2.45) is 5.73 Å². The summed E-state index contributed by atoms with van der Waals surface area (Å²) in [6.07, 6.45) is 4.54. The van der Waals surface area contributed by atoms with Gasteiger partial charge in [-0.15, -0.1) is 0 Å². The number of likely N-dealkylation sites (tertiary alicyclic amines) is 1. The molecule has 0 radical (unpaired) electrons. The highest BCUT2D eigenvalue weighted by Gasteiger charge is 2.39. The summed E-state index contributed by atoms with van der Waals surface area (Å²) in [5.41, 5.74) is 5.62. The van der Waals surface area contributed by atoms with Crippen molar-refractivity contribution in [2.75, 3.05) is 13.1 Å². The summed E-state index contributed by atoms with van der Waals surface area (Å²) < 4.78 is 0. The van der Waals surface area contributed by atoms with Crippen LogP contribution in [0.1, 0.15) is 38.2 Å². The van der Waals surface area contributed by atoms with E-state index < -0.39 is 11.5 Å². The highest BCUT2D eigenvalue weighted by Crippen LogP contribution is 2.26. The number of benzene rings is 1. The number of carboxylic acids is 1. The molecule has 1 heterocycles. The van der Waals surface area contributed by atoms with Crippen LogP contribution in [-0.4, -0.2) is 35.1 Å². The number of aliphatic carboxylic acids is 1. The smallest absolute Gasteiger partial charge is 0.329 e. The van der Waals surface area contributed by atoms with E-state index in [1.807, 2.05) is 18.2 Å². The van der Waals surface area contributed by atoms with Crippen LogP contribution in [0, 0.1) is 0 Å². The lowest BCUT2D eigenvalue weighted by molar-refractivity contribution is -0.145. The van der Waals surface area contributed by atoms with E-state index in [0.717, 1.165) is 25.8 Å². The monoisotopic (exact) mass is 276 g/mol. The number of carbonyl (C=O) groups is 1. The predicted molar refractivity (Wildman–Crippen MR) is 79.4 cm³/mol. The molecule has 20 heavy (non-hydrogen) atoms. The molecule has 1 aromatic carbocycles. The molecule has 2 atom stereocenters. The number of hydrogen-bond acceptors (Lipinski definition) is 3. The number of rotatable bonds is 5. The van der Waals surface area contributed by atoms with Gasteiger partial charge in [-0.2, -0.15) is 0 Å². The Morgan fingerprint density at radius 3 is 2.70 bits per heavy atom. The quantitative estimate of drug-likeness (QED) is 0.865. The summed E-state index contributed by atoms with van der Waals surface area (Å²) in [6.45, 7) is 3.48. The minimum atomic E-state index is -1.33. The van der Waals surface area contributed by atoms with Gasteiger partial charge in [0.2, 0.25) is 0 Å². The zero-order valence-corrected chi connectivity index (χ0v) is 12.1. The van der Waals surface area contributed by atoms with Gasteiger partial charge in [-0.05, 0) is 31.4 Å². The first-order valence-corrected chi connectivity index (χ1v) is 7.39. The van der Waals surface area contributed by atoms with E-state index in [1.165, 1.54) is 6.42 Å². The molecule has 2 unspecified atom stereocenters. The molecule has 0 spiro atoms. The summed E-state index contributed by atoms with van der Waals surface area (Å²) >= 11 is 0. The molecule has 4 nitrogen and oxygen atoms in total. The van der Waals surface area contributed by atoms with Gasteiger partial charge >= 0.3 is 5.97 Å². The Morgan fingerprint density at radius 2 is 2.10 bits per heavy atom. The Morgan fingerprint density at radius 1 is 1.40 bits per heavy atom. The first-order chi connectivity index (χ1) is 9.58. The van der Waals surface area contributed by atoms with Crippen molar-refractivity contribution in [3.05, 3.63) is 35.9 Å². The van der Waals surface area contributed by atoms with Crippen LogP contribution < -0.4 is 5.73 Å². The van der Waals surface area contributed by atoms with Crippen molar-refractivity contribution < 1.29 is 9.90 Å². The third kappa shape index (κ3) is 3.02. The van der Waals surface area contributed by atoms with Crippen LogP contribution in [0.25, 0.3) is 0 Å². The van der Waals surface area contributed by atoms with Gasteiger partial charge in [0, 0.05) is 12.6 Å². The van der Waals surface area contributed by atoms with E-state index in [4.69, 9.17) is 5.73 Å². The normalized spacial score (nSPS) is 23.2. The fourth-order valence-corrected chi connectivity index (χ4v) is 3.07. The van der Waals surface area contributed by atoms with E-state index in [-0.39, 0.29) is 0 Å². The van der Waals surface area contributed by atoms with Gasteiger partial charge in [0.25, 0.3) is 0 Å². The fraction of sp³-hybridized carbons (Fsp3) is 0.562. The number of nitrogens with zero attached hydrogens (tertiary/aromatic N) is 1. The van der Waals surface area contributed by atoms with E-state index >= 15 is 0 Å². The van der Waals surface area contributed by atoms with Crippen molar-refractivity contribution in [1.29, 1.82) is 0 Å². The second-order valence-corrected chi connectivity index (χ2v) is 5.67. The summed E-state index contributed by atoms with van der Waals surface area (Å²) in [5, 5.41) is 9.62. The topological polar surface area (TPSA) is 66.6 Å². The Hall–Kier alpha value is -1.39. The molecule has 0 amide bonds. The summed E-state index contributed by atoms with van der Waals surface area (Å²) in [7, 11) is 0. The van der Waals surface area contributed by atoms with Gasteiger partial charge in [0.05, 0.1) is 0 Å². The van der Waals surface area contributed by atoms with Crippen molar-refractivity contribution in [1.82, 2.24) is 4.90 Å².